The Morgan fingerprint density at radius 1 is 0.690 bits per heavy atom. The summed E-state index contributed by atoms with van der Waals surface area (Å²) in [5.74, 6) is -0.876. The van der Waals surface area contributed by atoms with E-state index in [0.717, 1.165) is 5.57 Å². The maximum absolute atomic E-state index is 12.1. The van der Waals surface area contributed by atoms with Crippen LogP contribution in [0.15, 0.2) is 48.6 Å². The van der Waals surface area contributed by atoms with Crippen LogP contribution in [0.4, 0.5) is 0 Å². The van der Waals surface area contributed by atoms with Crippen LogP contribution in [-0.4, -0.2) is 49.9 Å². The van der Waals surface area contributed by atoms with E-state index in [-0.39, 0.29) is 43.4 Å². The summed E-state index contributed by atoms with van der Waals surface area (Å²) in [6, 6.07) is 0.0138. The molecule has 0 aliphatic carbocycles. The number of carbonyl (C=O) groups excluding carboxylic acids is 3. The Hall–Kier alpha value is -2.67. The molecular weight excluding hydrogens is 368 g/mol. The van der Waals surface area contributed by atoms with Crippen molar-refractivity contribution < 1.29 is 14.4 Å². The molecule has 0 rings (SSSR count). The zero-order valence-electron chi connectivity index (χ0n) is 18.5. The predicted molar refractivity (Wildman–Crippen MR) is 118 cm³/mol. The van der Waals surface area contributed by atoms with E-state index in [2.05, 4.69) is 47.6 Å². The molecule has 0 bridgehead atoms. The highest BCUT2D eigenvalue weighted by molar-refractivity contribution is 5.93. The van der Waals surface area contributed by atoms with E-state index in [4.69, 9.17) is 0 Å². The van der Waals surface area contributed by atoms with Crippen LogP contribution < -0.4 is 21.3 Å². The monoisotopic (exact) mass is 404 g/mol. The van der Waals surface area contributed by atoms with Gasteiger partial charge in [0, 0.05) is 54.4 Å². The van der Waals surface area contributed by atoms with Gasteiger partial charge in [-0.25, -0.2) is 0 Å². The van der Waals surface area contributed by atoms with Gasteiger partial charge in [0.2, 0.25) is 17.7 Å². The summed E-state index contributed by atoms with van der Waals surface area (Å²) in [7, 11) is 0. The zero-order chi connectivity index (χ0) is 22.8. The first kappa shape index (κ1) is 26.3. The van der Waals surface area contributed by atoms with Gasteiger partial charge in [-0.05, 0) is 34.6 Å². The highest BCUT2D eigenvalue weighted by Crippen LogP contribution is 2.16. The normalized spacial score (nSPS) is 11.8. The van der Waals surface area contributed by atoms with Gasteiger partial charge in [0.1, 0.15) is 0 Å². The fourth-order valence-electron chi connectivity index (χ4n) is 2.17. The Labute approximate surface area is 174 Å². The Balaban J connectivity index is 5.66. The molecule has 29 heavy (non-hydrogen) atoms. The van der Waals surface area contributed by atoms with Gasteiger partial charge in [0.05, 0.1) is 0 Å². The molecule has 0 saturated heterocycles. The Morgan fingerprint density at radius 3 is 1.24 bits per heavy atom. The van der Waals surface area contributed by atoms with Gasteiger partial charge in [-0.2, -0.15) is 0 Å². The van der Waals surface area contributed by atoms with Crippen molar-refractivity contribution in [2.75, 3.05) is 26.2 Å². The topological polar surface area (TPSA) is 99.3 Å². The molecule has 162 valence electrons. The summed E-state index contributed by atoms with van der Waals surface area (Å²) >= 11 is 0. The maximum atomic E-state index is 12.1. The molecule has 0 aromatic heterocycles. The summed E-state index contributed by atoms with van der Waals surface area (Å²) in [5.41, 5.74) is 1.37. The first-order valence-electron chi connectivity index (χ1n) is 9.51. The van der Waals surface area contributed by atoms with Gasteiger partial charge >= 0.3 is 0 Å². The van der Waals surface area contributed by atoms with Gasteiger partial charge in [0.15, 0.2) is 0 Å². The number of rotatable bonds is 13. The van der Waals surface area contributed by atoms with Gasteiger partial charge in [-0.15, -0.1) is 0 Å². The van der Waals surface area contributed by atoms with Crippen LogP contribution in [0.25, 0.3) is 0 Å². The van der Waals surface area contributed by atoms with Crippen molar-refractivity contribution in [3.63, 3.8) is 0 Å². The van der Waals surface area contributed by atoms with Crippen molar-refractivity contribution >= 4 is 17.7 Å². The molecule has 0 fully saturated rings. The lowest BCUT2D eigenvalue weighted by atomic mass is 9.86. The van der Waals surface area contributed by atoms with E-state index in [9.17, 15) is 14.4 Å². The fourth-order valence-corrected chi connectivity index (χ4v) is 2.17. The Morgan fingerprint density at radius 2 is 1.00 bits per heavy atom. The van der Waals surface area contributed by atoms with Gasteiger partial charge in [-0.1, -0.05) is 31.9 Å². The van der Waals surface area contributed by atoms with E-state index in [1.807, 2.05) is 13.8 Å². The highest BCUT2D eigenvalue weighted by atomic mass is 16.2. The minimum Gasteiger partial charge on any atom is -0.352 e. The van der Waals surface area contributed by atoms with Crippen molar-refractivity contribution in [2.45, 2.75) is 40.7 Å². The third-order valence-corrected chi connectivity index (χ3v) is 4.56. The van der Waals surface area contributed by atoms with Crippen molar-refractivity contribution in [1.82, 2.24) is 21.3 Å². The molecule has 0 radical (unpaired) electrons. The molecule has 7 nitrogen and oxygen atoms in total. The summed E-state index contributed by atoms with van der Waals surface area (Å²) in [4.78, 5) is 36.2. The summed E-state index contributed by atoms with van der Waals surface area (Å²) in [5, 5.41) is 11.9. The standard InChI is InChI=1S/C22H36N4O3/c1-14(2)18(9)23-10-22(11-24-19(27)15(3)4,12-25-20(28)16(5)6)13-26-21(29)17(7)8/h18,23H,1,3,5,7,10-13H2,2,4,6,8-9H3,(H,24,27)(H,25,28)(H,26,29). The first-order valence-corrected chi connectivity index (χ1v) is 9.51. The molecule has 0 spiro atoms. The number of nitrogens with one attached hydrogen (secondary N) is 4. The van der Waals surface area contributed by atoms with E-state index >= 15 is 0 Å². The number of amides is 3. The lowest BCUT2D eigenvalue weighted by Crippen LogP contribution is -2.57. The van der Waals surface area contributed by atoms with Crippen LogP contribution in [0.1, 0.15) is 34.6 Å². The number of hydrogen-bond acceptors (Lipinski definition) is 4. The third kappa shape index (κ3) is 9.89. The van der Waals surface area contributed by atoms with E-state index < -0.39 is 5.41 Å². The van der Waals surface area contributed by atoms with Crippen LogP contribution in [0, 0.1) is 5.41 Å². The van der Waals surface area contributed by atoms with Crippen LogP contribution >= 0.6 is 0 Å². The molecule has 0 aromatic rings. The van der Waals surface area contributed by atoms with E-state index in [0.29, 0.717) is 23.3 Å². The first-order chi connectivity index (χ1) is 13.3. The zero-order valence-corrected chi connectivity index (χ0v) is 18.5. The van der Waals surface area contributed by atoms with Crippen LogP contribution in [0.2, 0.25) is 0 Å². The molecular formula is C22H36N4O3. The second-order valence-electron chi connectivity index (χ2n) is 7.84. The maximum Gasteiger partial charge on any atom is 0.246 e. The van der Waals surface area contributed by atoms with Crippen molar-refractivity contribution in [3.05, 3.63) is 48.6 Å². The Kier molecular flexibility index (Phi) is 10.9. The van der Waals surface area contributed by atoms with E-state index in [1.54, 1.807) is 20.8 Å². The van der Waals surface area contributed by atoms with Gasteiger partial charge < -0.3 is 21.3 Å². The molecule has 0 heterocycles. The molecule has 3 amide bonds. The average Bonchev–Trinajstić information content (AvgIpc) is 2.64. The smallest absolute Gasteiger partial charge is 0.246 e. The second-order valence-corrected chi connectivity index (χ2v) is 7.84. The molecule has 0 aliphatic rings. The van der Waals surface area contributed by atoms with Crippen molar-refractivity contribution in [3.8, 4) is 0 Å². The van der Waals surface area contributed by atoms with Crippen molar-refractivity contribution in [1.29, 1.82) is 0 Å². The van der Waals surface area contributed by atoms with Gasteiger partial charge in [0.25, 0.3) is 0 Å². The molecule has 0 saturated carbocycles. The second kappa shape index (κ2) is 12.0. The van der Waals surface area contributed by atoms with Gasteiger partial charge in [-0.3, -0.25) is 14.4 Å². The minimum absolute atomic E-state index is 0.0138. The SMILES string of the molecule is C=C(C)C(=O)NCC(CNC(=O)C(=C)C)(CNC(=O)C(=C)C)CNC(C)C(=C)C. The lowest BCUT2D eigenvalue weighted by Gasteiger charge is -2.36. The third-order valence-electron chi connectivity index (χ3n) is 4.56. The molecule has 1 atom stereocenters. The minimum atomic E-state index is -0.703. The summed E-state index contributed by atoms with van der Waals surface area (Å²) in [6.45, 7) is 24.6. The highest BCUT2D eigenvalue weighted by Gasteiger charge is 2.32. The predicted octanol–water partition coefficient (Wildman–Crippen LogP) is 1.60. The molecule has 0 aliphatic heterocycles. The summed E-state index contributed by atoms with van der Waals surface area (Å²) < 4.78 is 0. The number of hydrogen-bond donors (Lipinski definition) is 4. The van der Waals surface area contributed by atoms with E-state index in [1.165, 1.54) is 0 Å². The molecule has 7 heteroatoms. The molecule has 0 aromatic carbocycles. The molecule has 4 N–H and O–H groups in total. The Bertz CT molecular complexity index is 620. The largest absolute Gasteiger partial charge is 0.352 e. The van der Waals surface area contributed by atoms with Crippen LogP contribution in [-0.2, 0) is 14.4 Å². The average molecular weight is 405 g/mol. The quantitative estimate of drug-likeness (QED) is 0.277. The number of carbonyl (C=O) groups is 3. The molecule has 1 unspecified atom stereocenters. The summed E-state index contributed by atoms with van der Waals surface area (Å²) in [6.07, 6.45) is 0. The van der Waals surface area contributed by atoms with Crippen LogP contribution in [0.3, 0.4) is 0 Å². The fraction of sp³-hybridized carbons (Fsp3) is 0.500. The van der Waals surface area contributed by atoms with Crippen LogP contribution in [0.5, 0.6) is 0 Å². The lowest BCUT2D eigenvalue weighted by molar-refractivity contribution is -0.118. The van der Waals surface area contributed by atoms with Crippen molar-refractivity contribution in [2.24, 2.45) is 5.41 Å².